The Kier molecular flexibility index (Phi) is 8.85. The number of carbonyl (C=O) groups is 1. The SMILES string of the molecule is Cc1ccc(CNCCN(Cc2ccc(OC=O)cc2)Cc2cc(C)cc(C(F)(F)F)c2)cc1. The van der Waals surface area contributed by atoms with Crippen LogP contribution in [0.25, 0.3) is 0 Å². The molecule has 0 spiro atoms. The maximum Gasteiger partial charge on any atom is 0.416 e. The second kappa shape index (κ2) is 11.8. The van der Waals surface area contributed by atoms with Gasteiger partial charge in [0, 0.05) is 32.7 Å². The van der Waals surface area contributed by atoms with Gasteiger partial charge in [0.15, 0.2) is 0 Å². The number of hydrogen-bond acceptors (Lipinski definition) is 4. The van der Waals surface area contributed by atoms with E-state index in [-0.39, 0.29) is 0 Å². The van der Waals surface area contributed by atoms with Crippen LogP contribution < -0.4 is 10.1 Å². The molecular formula is C27H29F3N2O2. The highest BCUT2D eigenvalue weighted by atomic mass is 19.4. The number of alkyl halides is 3. The number of nitrogens with zero attached hydrogens (tertiary/aromatic N) is 1. The fraction of sp³-hybridized carbons (Fsp3) is 0.296. The fourth-order valence-electron chi connectivity index (χ4n) is 3.75. The van der Waals surface area contributed by atoms with Gasteiger partial charge < -0.3 is 10.1 Å². The van der Waals surface area contributed by atoms with Crippen LogP contribution in [0.15, 0.2) is 66.7 Å². The smallest absolute Gasteiger partial charge is 0.416 e. The second-order valence-electron chi connectivity index (χ2n) is 8.44. The van der Waals surface area contributed by atoms with Crippen LogP contribution in [0.5, 0.6) is 5.75 Å². The van der Waals surface area contributed by atoms with Gasteiger partial charge in [-0.1, -0.05) is 53.6 Å². The summed E-state index contributed by atoms with van der Waals surface area (Å²) < 4.78 is 44.8. The van der Waals surface area contributed by atoms with Crippen molar-refractivity contribution in [1.29, 1.82) is 0 Å². The van der Waals surface area contributed by atoms with Crippen LogP contribution in [0.2, 0.25) is 0 Å². The highest BCUT2D eigenvalue weighted by Crippen LogP contribution is 2.31. The minimum absolute atomic E-state index is 0.372. The third-order valence-electron chi connectivity index (χ3n) is 5.44. The van der Waals surface area contributed by atoms with Crippen LogP contribution in [0.3, 0.4) is 0 Å². The molecule has 0 aromatic heterocycles. The molecule has 1 N–H and O–H groups in total. The lowest BCUT2D eigenvalue weighted by atomic mass is 10.1. The van der Waals surface area contributed by atoms with Gasteiger partial charge in [-0.25, -0.2) is 0 Å². The molecule has 0 aliphatic carbocycles. The zero-order valence-corrected chi connectivity index (χ0v) is 19.4. The molecule has 0 fully saturated rings. The molecular weight excluding hydrogens is 441 g/mol. The first-order valence-corrected chi connectivity index (χ1v) is 11.1. The summed E-state index contributed by atoms with van der Waals surface area (Å²) in [7, 11) is 0. The van der Waals surface area contributed by atoms with Crippen LogP contribution in [0, 0.1) is 13.8 Å². The van der Waals surface area contributed by atoms with Crippen LogP contribution in [-0.2, 0) is 30.6 Å². The van der Waals surface area contributed by atoms with E-state index >= 15 is 0 Å². The molecule has 0 aliphatic rings. The molecule has 3 rings (SSSR count). The van der Waals surface area contributed by atoms with Crippen molar-refractivity contribution in [2.45, 2.75) is 39.7 Å². The number of halogens is 3. The summed E-state index contributed by atoms with van der Waals surface area (Å²) in [6.45, 7) is 7.06. The average molecular weight is 471 g/mol. The Morgan fingerprint density at radius 2 is 1.50 bits per heavy atom. The van der Waals surface area contributed by atoms with E-state index in [1.165, 1.54) is 23.3 Å². The molecule has 0 unspecified atom stereocenters. The van der Waals surface area contributed by atoms with Crippen LogP contribution >= 0.6 is 0 Å². The molecule has 0 radical (unpaired) electrons. The number of carbonyl (C=O) groups excluding carboxylic acids is 1. The van der Waals surface area contributed by atoms with Crippen molar-refractivity contribution in [3.05, 3.63) is 100 Å². The van der Waals surface area contributed by atoms with Crippen molar-refractivity contribution >= 4 is 6.47 Å². The number of hydrogen-bond donors (Lipinski definition) is 1. The molecule has 3 aromatic rings. The van der Waals surface area contributed by atoms with Gasteiger partial charge in [0.2, 0.25) is 0 Å². The zero-order valence-electron chi connectivity index (χ0n) is 19.4. The van der Waals surface area contributed by atoms with Gasteiger partial charge in [-0.2, -0.15) is 13.2 Å². The molecule has 0 atom stereocenters. The number of aryl methyl sites for hydroxylation is 2. The third-order valence-corrected chi connectivity index (χ3v) is 5.44. The largest absolute Gasteiger partial charge is 0.429 e. The first-order valence-electron chi connectivity index (χ1n) is 11.1. The van der Waals surface area contributed by atoms with Gasteiger partial charge >= 0.3 is 6.18 Å². The molecule has 0 saturated carbocycles. The summed E-state index contributed by atoms with van der Waals surface area (Å²) >= 11 is 0. The van der Waals surface area contributed by atoms with E-state index in [2.05, 4.69) is 34.5 Å². The Hall–Kier alpha value is -3.16. The molecule has 0 heterocycles. The Labute approximate surface area is 198 Å². The number of benzene rings is 3. The van der Waals surface area contributed by atoms with Crippen LogP contribution in [0.1, 0.15) is 33.4 Å². The van der Waals surface area contributed by atoms with Gasteiger partial charge in [0.05, 0.1) is 5.56 Å². The van der Waals surface area contributed by atoms with Gasteiger partial charge in [0.1, 0.15) is 5.75 Å². The molecule has 0 bridgehead atoms. The van der Waals surface area contributed by atoms with E-state index < -0.39 is 11.7 Å². The van der Waals surface area contributed by atoms with E-state index in [1.54, 1.807) is 25.1 Å². The summed E-state index contributed by atoms with van der Waals surface area (Å²) in [6, 6.07) is 19.6. The number of ether oxygens (including phenoxy) is 1. The molecule has 0 amide bonds. The van der Waals surface area contributed by atoms with Gasteiger partial charge in [-0.05, 0) is 54.8 Å². The number of nitrogens with one attached hydrogen (secondary N) is 1. The number of rotatable bonds is 11. The van der Waals surface area contributed by atoms with Gasteiger partial charge in [0.25, 0.3) is 6.47 Å². The maximum atomic E-state index is 13.3. The second-order valence-corrected chi connectivity index (χ2v) is 8.44. The highest BCUT2D eigenvalue weighted by molar-refractivity contribution is 5.45. The van der Waals surface area contributed by atoms with Gasteiger partial charge in [-0.15, -0.1) is 0 Å². The maximum absolute atomic E-state index is 13.3. The van der Waals surface area contributed by atoms with Crippen LogP contribution in [-0.4, -0.2) is 24.5 Å². The topological polar surface area (TPSA) is 41.6 Å². The average Bonchev–Trinajstić information content (AvgIpc) is 2.78. The molecule has 4 nitrogen and oxygen atoms in total. The van der Waals surface area contributed by atoms with Crippen molar-refractivity contribution < 1.29 is 22.7 Å². The lowest BCUT2D eigenvalue weighted by Crippen LogP contribution is -2.31. The Balaban J connectivity index is 1.69. The lowest BCUT2D eigenvalue weighted by Gasteiger charge is -2.24. The van der Waals surface area contributed by atoms with Crippen molar-refractivity contribution in [3.8, 4) is 5.75 Å². The first-order chi connectivity index (χ1) is 16.2. The quantitative estimate of drug-likeness (QED) is 0.291. The minimum atomic E-state index is -4.38. The Morgan fingerprint density at radius 3 is 2.15 bits per heavy atom. The van der Waals surface area contributed by atoms with E-state index in [9.17, 15) is 18.0 Å². The Bertz CT molecular complexity index is 1060. The summed E-state index contributed by atoms with van der Waals surface area (Å²) in [5.41, 5.74) is 3.92. The van der Waals surface area contributed by atoms with E-state index in [4.69, 9.17) is 4.74 Å². The summed E-state index contributed by atoms with van der Waals surface area (Å²) in [4.78, 5) is 12.6. The highest BCUT2D eigenvalue weighted by Gasteiger charge is 2.31. The van der Waals surface area contributed by atoms with Crippen molar-refractivity contribution in [2.75, 3.05) is 13.1 Å². The van der Waals surface area contributed by atoms with Crippen LogP contribution in [0.4, 0.5) is 13.2 Å². The Morgan fingerprint density at radius 1 is 0.853 bits per heavy atom. The lowest BCUT2D eigenvalue weighted by molar-refractivity contribution is -0.137. The predicted octanol–water partition coefficient (Wildman–Crippen LogP) is 5.65. The predicted molar refractivity (Wildman–Crippen MR) is 126 cm³/mol. The normalized spacial score (nSPS) is 11.6. The van der Waals surface area contributed by atoms with Gasteiger partial charge in [-0.3, -0.25) is 9.69 Å². The van der Waals surface area contributed by atoms with E-state index in [0.717, 1.165) is 5.56 Å². The molecule has 34 heavy (non-hydrogen) atoms. The van der Waals surface area contributed by atoms with Crippen molar-refractivity contribution in [1.82, 2.24) is 10.2 Å². The third kappa shape index (κ3) is 8.01. The van der Waals surface area contributed by atoms with E-state index in [1.807, 2.05) is 19.1 Å². The van der Waals surface area contributed by atoms with E-state index in [0.29, 0.717) is 56.1 Å². The summed E-state index contributed by atoms with van der Waals surface area (Å²) in [5, 5.41) is 3.42. The van der Waals surface area contributed by atoms with Crippen molar-refractivity contribution in [2.24, 2.45) is 0 Å². The molecule has 7 heteroatoms. The minimum Gasteiger partial charge on any atom is -0.429 e. The molecule has 3 aromatic carbocycles. The first kappa shape index (κ1) is 25.5. The van der Waals surface area contributed by atoms with Crippen molar-refractivity contribution in [3.63, 3.8) is 0 Å². The monoisotopic (exact) mass is 470 g/mol. The fourth-order valence-corrected chi connectivity index (χ4v) is 3.75. The summed E-state index contributed by atoms with van der Waals surface area (Å²) in [6.07, 6.45) is -4.38. The summed E-state index contributed by atoms with van der Waals surface area (Å²) in [5.74, 6) is 0.443. The standard InChI is InChI=1S/C27H29F3N2O2/c1-20-3-5-22(6-4-20)16-31-11-12-32(17-23-7-9-26(10-8-23)34-19-33)18-24-13-21(2)14-25(15-24)27(28,29)30/h3-10,13-15,19,31H,11-12,16-18H2,1-2H3. The molecule has 0 aliphatic heterocycles. The molecule has 180 valence electrons. The zero-order chi connectivity index (χ0) is 24.6. The molecule has 0 saturated heterocycles.